The fourth-order valence-electron chi connectivity index (χ4n) is 4.27. The third kappa shape index (κ3) is 3.98. The number of thiophene rings is 1. The van der Waals surface area contributed by atoms with Crippen LogP contribution in [0.2, 0.25) is 0 Å². The van der Waals surface area contributed by atoms with E-state index in [-0.39, 0.29) is 29.5 Å². The first kappa shape index (κ1) is 18.3. The van der Waals surface area contributed by atoms with Crippen LogP contribution >= 0.6 is 11.3 Å². The van der Waals surface area contributed by atoms with Crippen LogP contribution in [-0.4, -0.2) is 28.0 Å². The molecule has 2 aliphatic rings. The predicted octanol–water partition coefficient (Wildman–Crippen LogP) is 4.00. The number of nitrogens with one attached hydrogen (secondary N) is 1. The lowest BCUT2D eigenvalue weighted by Crippen LogP contribution is -2.48. The number of aromatic nitrogens is 2. The van der Waals surface area contributed by atoms with Crippen LogP contribution in [0.5, 0.6) is 6.01 Å². The summed E-state index contributed by atoms with van der Waals surface area (Å²) in [5, 5.41) is 5.37. The molecule has 5 nitrogen and oxygen atoms in total. The van der Waals surface area contributed by atoms with Gasteiger partial charge in [-0.3, -0.25) is 4.79 Å². The van der Waals surface area contributed by atoms with Gasteiger partial charge in [0.15, 0.2) is 5.82 Å². The minimum absolute atomic E-state index is 0.0151. The van der Waals surface area contributed by atoms with Gasteiger partial charge in [0, 0.05) is 10.9 Å². The molecule has 2 aromatic heterocycles. The third-order valence-corrected chi connectivity index (χ3v) is 6.84. The second-order valence-electron chi connectivity index (χ2n) is 7.52. The lowest BCUT2D eigenvalue weighted by molar-refractivity contribution is -0.127. The molecule has 2 saturated carbocycles. The molecule has 0 spiro atoms. The Hall–Kier alpha value is -2.02. The molecule has 27 heavy (non-hydrogen) atoms. The fraction of sp³-hybridized carbons (Fsp3) is 0.550. The molecule has 0 unspecified atom stereocenters. The van der Waals surface area contributed by atoms with Crippen LogP contribution in [-0.2, 0) is 10.2 Å². The van der Waals surface area contributed by atoms with Crippen molar-refractivity contribution in [3.8, 4) is 6.01 Å². The number of nitrogens with zero attached hydrogens (tertiary/aromatic N) is 2. The highest BCUT2D eigenvalue weighted by molar-refractivity contribution is 7.10. The van der Waals surface area contributed by atoms with Crippen LogP contribution in [0.3, 0.4) is 0 Å². The fourth-order valence-corrected chi connectivity index (χ4v) is 5.26. The number of hydrogen-bond acceptors (Lipinski definition) is 5. The zero-order valence-corrected chi connectivity index (χ0v) is 16.0. The zero-order chi connectivity index (χ0) is 18.7. The van der Waals surface area contributed by atoms with Gasteiger partial charge in [-0.25, -0.2) is 14.4 Å². The van der Waals surface area contributed by atoms with Crippen LogP contribution in [0.25, 0.3) is 0 Å². The first-order chi connectivity index (χ1) is 13.2. The molecule has 1 N–H and O–H groups in total. The van der Waals surface area contributed by atoms with E-state index >= 15 is 0 Å². The maximum atomic E-state index is 13.1. The zero-order valence-electron chi connectivity index (χ0n) is 15.2. The molecule has 2 aromatic rings. The van der Waals surface area contributed by atoms with Crippen molar-refractivity contribution >= 4 is 17.2 Å². The Balaban J connectivity index is 1.32. The summed E-state index contributed by atoms with van der Waals surface area (Å²) in [6, 6.07) is 4.53. The largest absolute Gasteiger partial charge is 0.460 e. The van der Waals surface area contributed by atoms with Crippen LogP contribution in [0.15, 0.2) is 29.9 Å². The van der Waals surface area contributed by atoms with E-state index in [2.05, 4.69) is 26.7 Å². The second-order valence-corrected chi connectivity index (χ2v) is 8.46. The SMILES string of the molecule is O=C(NC1CCC(Oc2ncc(F)cn2)CC1)C1(c2cccs2)CCCC1. The Kier molecular flexibility index (Phi) is 5.38. The van der Waals surface area contributed by atoms with Crippen LogP contribution in [0.4, 0.5) is 4.39 Å². The van der Waals surface area contributed by atoms with E-state index in [1.165, 1.54) is 4.88 Å². The third-order valence-electron chi connectivity index (χ3n) is 5.76. The van der Waals surface area contributed by atoms with Crippen molar-refractivity contribution in [2.75, 3.05) is 0 Å². The molecule has 4 rings (SSSR count). The summed E-state index contributed by atoms with van der Waals surface area (Å²) < 4.78 is 18.6. The Morgan fingerprint density at radius 1 is 1.19 bits per heavy atom. The van der Waals surface area contributed by atoms with Gasteiger partial charge in [0.1, 0.15) is 6.10 Å². The average molecular weight is 389 g/mol. The summed E-state index contributed by atoms with van der Waals surface area (Å²) in [5.74, 6) is -0.283. The summed E-state index contributed by atoms with van der Waals surface area (Å²) in [7, 11) is 0. The topological polar surface area (TPSA) is 64.1 Å². The summed E-state index contributed by atoms with van der Waals surface area (Å²) in [6.07, 6.45) is 9.76. The number of hydrogen-bond donors (Lipinski definition) is 1. The molecule has 0 aliphatic heterocycles. The Bertz CT molecular complexity index is 752. The number of carbonyl (C=O) groups excluding carboxylic acids is 1. The Labute approximate surface area is 162 Å². The van der Waals surface area contributed by atoms with E-state index in [0.717, 1.165) is 63.8 Å². The first-order valence-electron chi connectivity index (χ1n) is 9.65. The van der Waals surface area contributed by atoms with Crippen LogP contribution in [0, 0.1) is 5.82 Å². The van der Waals surface area contributed by atoms with Gasteiger partial charge in [-0.1, -0.05) is 18.9 Å². The summed E-state index contributed by atoms with van der Waals surface area (Å²) in [6.45, 7) is 0. The lowest BCUT2D eigenvalue weighted by atomic mass is 9.82. The van der Waals surface area contributed by atoms with Gasteiger partial charge in [-0.15, -0.1) is 11.3 Å². The number of carbonyl (C=O) groups is 1. The smallest absolute Gasteiger partial charge is 0.316 e. The van der Waals surface area contributed by atoms with E-state index < -0.39 is 5.82 Å². The first-order valence-corrected chi connectivity index (χ1v) is 10.5. The molecule has 0 saturated heterocycles. The van der Waals surface area contributed by atoms with Gasteiger partial charge in [0.05, 0.1) is 17.8 Å². The van der Waals surface area contributed by atoms with Gasteiger partial charge in [0.2, 0.25) is 5.91 Å². The molecule has 2 heterocycles. The molecule has 2 aliphatic carbocycles. The molecule has 0 bridgehead atoms. The number of halogens is 1. The highest BCUT2D eigenvalue weighted by Gasteiger charge is 2.44. The normalized spacial score (nSPS) is 24.5. The highest BCUT2D eigenvalue weighted by Crippen LogP contribution is 2.43. The van der Waals surface area contributed by atoms with E-state index in [9.17, 15) is 9.18 Å². The van der Waals surface area contributed by atoms with Crippen molar-refractivity contribution in [3.05, 3.63) is 40.6 Å². The number of rotatable bonds is 5. The molecule has 0 atom stereocenters. The molecular formula is C20H24FN3O2S. The minimum Gasteiger partial charge on any atom is -0.460 e. The number of amides is 1. The Morgan fingerprint density at radius 2 is 1.89 bits per heavy atom. The molecule has 144 valence electrons. The van der Waals surface area contributed by atoms with E-state index in [1.54, 1.807) is 11.3 Å². The van der Waals surface area contributed by atoms with Gasteiger partial charge in [-0.05, 0) is 50.0 Å². The highest BCUT2D eigenvalue weighted by atomic mass is 32.1. The van der Waals surface area contributed by atoms with Gasteiger partial charge >= 0.3 is 6.01 Å². The maximum Gasteiger partial charge on any atom is 0.316 e. The monoisotopic (exact) mass is 389 g/mol. The summed E-state index contributed by atoms with van der Waals surface area (Å²) in [4.78, 5) is 22.0. The second kappa shape index (κ2) is 7.92. The quantitative estimate of drug-likeness (QED) is 0.840. The molecule has 0 radical (unpaired) electrons. The summed E-state index contributed by atoms with van der Waals surface area (Å²) >= 11 is 1.69. The van der Waals surface area contributed by atoms with Crippen molar-refractivity contribution < 1.29 is 13.9 Å². The van der Waals surface area contributed by atoms with Crippen molar-refractivity contribution in [2.45, 2.75) is 68.9 Å². The van der Waals surface area contributed by atoms with E-state index in [4.69, 9.17) is 4.74 Å². The number of ether oxygens (including phenoxy) is 1. The van der Waals surface area contributed by atoms with Crippen molar-refractivity contribution in [2.24, 2.45) is 0 Å². The van der Waals surface area contributed by atoms with E-state index in [0.29, 0.717) is 0 Å². The van der Waals surface area contributed by atoms with Gasteiger partial charge < -0.3 is 10.1 Å². The van der Waals surface area contributed by atoms with E-state index in [1.807, 2.05) is 6.07 Å². The molecule has 7 heteroatoms. The maximum absolute atomic E-state index is 13.1. The van der Waals surface area contributed by atoms with Crippen LogP contribution < -0.4 is 10.1 Å². The standard InChI is InChI=1S/C20H24FN3O2S/c21-14-12-22-19(23-13-14)26-16-7-5-15(6-8-16)24-18(25)20(9-1-2-10-20)17-4-3-11-27-17/h3-4,11-13,15-16H,1-2,5-10H2,(H,24,25). The lowest BCUT2D eigenvalue weighted by Gasteiger charge is -2.33. The molecular weight excluding hydrogens is 365 g/mol. The molecule has 1 amide bonds. The minimum atomic E-state index is -0.472. The molecule has 0 aromatic carbocycles. The summed E-state index contributed by atoms with van der Waals surface area (Å²) in [5.41, 5.74) is -0.330. The van der Waals surface area contributed by atoms with Crippen molar-refractivity contribution in [1.29, 1.82) is 0 Å². The van der Waals surface area contributed by atoms with Gasteiger partial charge in [-0.2, -0.15) is 0 Å². The molecule has 2 fully saturated rings. The van der Waals surface area contributed by atoms with Crippen LogP contribution in [0.1, 0.15) is 56.2 Å². The predicted molar refractivity (Wildman–Crippen MR) is 101 cm³/mol. The average Bonchev–Trinajstić information content (AvgIpc) is 3.37. The Morgan fingerprint density at radius 3 is 2.52 bits per heavy atom. The van der Waals surface area contributed by atoms with Gasteiger partial charge in [0.25, 0.3) is 0 Å². The van der Waals surface area contributed by atoms with Crippen molar-refractivity contribution in [3.63, 3.8) is 0 Å². The van der Waals surface area contributed by atoms with Crippen molar-refractivity contribution in [1.82, 2.24) is 15.3 Å².